The Hall–Kier alpha value is -1.71. The molecular formula is C14H17NO3. The number of hydrogen-bond acceptors (Lipinski definition) is 4. The summed E-state index contributed by atoms with van der Waals surface area (Å²) in [7, 11) is 1.39. The molecule has 4 heteroatoms. The first-order valence-corrected chi connectivity index (χ1v) is 6.32. The van der Waals surface area contributed by atoms with E-state index in [0.717, 1.165) is 24.6 Å². The molecule has 1 aromatic carbocycles. The maximum Gasteiger partial charge on any atom is 0.337 e. The van der Waals surface area contributed by atoms with Crippen molar-refractivity contribution in [1.82, 2.24) is 0 Å². The first kappa shape index (κ1) is 11.4. The van der Waals surface area contributed by atoms with Crippen LogP contribution in [-0.4, -0.2) is 26.2 Å². The van der Waals surface area contributed by atoms with Crippen molar-refractivity contribution in [1.29, 1.82) is 0 Å². The largest absolute Gasteiger partial charge is 0.491 e. The zero-order valence-electron chi connectivity index (χ0n) is 10.5. The highest BCUT2D eigenvalue weighted by Gasteiger charge is 2.39. The van der Waals surface area contributed by atoms with Crippen molar-refractivity contribution in [2.24, 2.45) is 5.41 Å². The van der Waals surface area contributed by atoms with E-state index in [2.05, 4.69) is 5.32 Å². The lowest BCUT2D eigenvalue weighted by Crippen LogP contribution is -2.40. The summed E-state index contributed by atoms with van der Waals surface area (Å²) in [6.07, 6.45) is 3.73. The van der Waals surface area contributed by atoms with Crippen LogP contribution in [0.25, 0.3) is 0 Å². The van der Waals surface area contributed by atoms with Gasteiger partial charge in [0.15, 0.2) is 0 Å². The van der Waals surface area contributed by atoms with E-state index in [0.29, 0.717) is 11.0 Å². The van der Waals surface area contributed by atoms with Crippen LogP contribution < -0.4 is 10.1 Å². The molecule has 0 atom stereocenters. The molecule has 0 amide bonds. The van der Waals surface area contributed by atoms with Gasteiger partial charge in [-0.1, -0.05) is 6.42 Å². The molecule has 1 heterocycles. The van der Waals surface area contributed by atoms with Crippen LogP contribution in [0.4, 0.5) is 5.69 Å². The summed E-state index contributed by atoms with van der Waals surface area (Å²) >= 11 is 0. The summed E-state index contributed by atoms with van der Waals surface area (Å²) in [6.45, 7) is 1.69. The summed E-state index contributed by atoms with van der Waals surface area (Å²) in [6, 6.07) is 5.41. The molecule has 4 nitrogen and oxygen atoms in total. The third kappa shape index (κ3) is 1.82. The van der Waals surface area contributed by atoms with Gasteiger partial charge in [0.05, 0.1) is 25.0 Å². The Morgan fingerprint density at radius 1 is 1.44 bits per heavy atom. The molecule has 1 N–H and O–H groups in total. The number of carbonyl (C=O) groups excluding carboxylic acids is 1. The molecule has 96 valence electrons. The van der Waals surface area contributed by atoms with Crippen LogP contribution in [0.5, 0.6) is 5.75 Å². The van der Waals surface area contributed by atoms with Gasteiger partial charge in [-0.15, -0.1) is 0 Å². The molecule has 1 aliphatic carbocycles. The fourth-order valence-electron chi connectivity index (χ4n) is 2.60. The molecule has 2 aliphatic rings. The minimum Gasteiger partial charge on any atom is -0.491 e. The van der Waals surface area contributed by atoms with Crippen LogP contribution in [0.1, 0.15) is 29.6 Å². The Kier molecular flexibility index (Phi) is 2.65. The Balaban J connectivity index is 1.85. The fourth-order valence-corrected chi connectivity index (χ4v) is 2.60. The molecular weight excluding hydrogens is 230 g/mol. The van der Waals surface area contributed by atoms with Crippen molar-refractivity contribution in [2.45, 2.75) is 19.3 Å². The number of fused-ring (bicyclic) bond motifs is 1. The van der Waals surface area contributed by atoms with Gasteiger partial charge in [0, 0.05) is 12.0 Å². The molecule has 18 heavy (non-hydrogen) atoms. The second-order valence-corrected chi connectivity index (χ2v) is 5.20. The molecule has 0 radical (unpaired) electrons. The monoisotopic (exact) mass is 247 g/mol. The molecule has 0 bridgehead atoms. The first-order valence-electron chi connectivity index (χ1n) is 6.32. The second kappa shape index (κ2) is 4.19. The van der Waals surface area contributed by atoms with E-state index in [-0.39, 0.29) is 5.97 Å². The number of rotatable bonds is 1. The Labute approximate surface area is 106 Å². The van der Waals surface area contributed by atoms with E-state index in [4.69, 9.17) is 9.47 Å². The second-order valence-electron chi connectivity index (χ2n) is 5.20. The van der Waals surface area contributed by atoms with Gasteiger partial charge >= 0.3 is 5.97 Å². The van der Waals surface area contributed by atoms with Gasteiger partial charge in [-0.2, -0.15) is 0 Å². The predicted molar refractivity (Wildman–Crippen MR) is 68.1 cm³/mol. The van der Waals surface area contributed by atoms with E-state index in [1.165, 1.54) is 26.4 Å². The Morgan fingerprint density at radius 2 is 2.28 bits per heavy atom. The fraction of sp³-hybridized carbons (Fsp3) is 0.500. The third-order valence-electron chi connectivity index (χ3n) is 4.00. The van der Waals surface area contributed by atoms with Crippen LogP contribution in [-0.2, 0) is 4.74 Å². The summed E-state index contributed by atoms with van der Waals surface area (Å²) in [4.78, 5) is 11.5. The van der Waals surface area contributed by atoms with Crippen molar-refractivity contribution in [2.75, 3.05) is 25.6 Å². The standard InChI is InChI=1S/C14H17NO3/c1-17-13(16)10-3-4-11-12(7-10)18-9-14(8-15-11)5-2-6-14/h3-4,7,15H,2,5-6,8-9H2,1H3. The number of carbonyl (C=O) groups is 1. The smallest absolute Gasteiger partial charge is 0.337 e. The summed E-state index contributed by atoms with van der Waals surface area (Å²) < 4.78 is 10.6. The maximum absolute atomic E-state index is 11.5. The maximum atomic E-state index is 11.5. The van der Waals surface area contributed by atoms with E-state index < -0.39 is 0 Å². The molecule has 1 saturated carbocycles. The third-order valence-corrected chi connectivity index (χ3v) is 4.00. The normalized spacial score (nSPS) is 19.8. The number of hydrogen-bond donors (Lipinski definition) is 1. The molecule has 0 unspecified atom stereocenters. The first-order chi connectivity index (χ1) is 8.72. The highest BCUT2D eigenvalue weighted by molar-refractivity contribution is 5.90. The summed E-state index contributed by atoms with van der Waals surface area (Å²) in [5, 5.41) is 3.42. The lowest BCUT2D eigenvalue weighted by atomic mass is 9.69. The van der Waals surface area contributed by atoms with Gasteiger partial charge in [0.1, 0.15) is 5.75 Å². The molecule has 0 saturated heterocycles. The van der Waals surface area contributed by atoms with Crippen LogP contribution in [0.3, 0.4) is 0 Å². The van der Waals surface area contributed by atoms with Crippen molar-refractivity contribution in [3.8, 4) is 5.75 Å². The molecule has 3 rings (SSSR count). The van der Waals surface area contributed by atoms with Gasteiger partial charge in [0.2, 0.25) is 0 Å². The Bertz CT molecular complexity index is 480. The summed E-state index contributed by atoms with van der Waals surface area (Å²) in [5.41, 5.74) is 1.79. The van der Waals surface area contributed by atoms with Gasteiger partial charge in [-0.3, -0.25) is 0 Å². The van der Waals surface area contributed by atoms with E-state index in [9.17, 15) is 4.79 Å². The topological polar surface area (TPSA) is 47.6 Å². The van der Waals surface area contributed by atoms with Crippen LogP contribution in [0.15, 0.2) is 18.2 Å². The van der Waals surface area contributed by atoms with Gasteiger partial charge in [0.25, 0.3) is 0 Å². The predicted octanol–water partition coefficient (Wildman–Crippen LogP) is 2.45. The van der Waals surface area contributed by atoms with Crippen molar-refractivity contribution in [3.63, 3.8) is 0 Å². The van der Waals surface area contributed by atoms with Crippen LogP contribution in [0.2, 0.25) is 0 Å². The zero-order valence-corrected chi connectivity index (χ0v) is 10.5. The molecule has 1 fully saturated rings. The molecule has 1 aromatic rings. The number of nitrogens with one attached hydrogen (secondary N) is 1. The molecule has 0 aromatic heterocycles. The van der Waals surface area contributed by atoms with E-state index in [1.54, 1.807) is 12.1 Å². The minimum atomic E-state index is -0.330. The number of ether oxygens (including phenoxy) is 2. The van der Waals surface area contributed by atoms with Gasteiger partial charge in [-0.25, -0.2) is 4.79 Å². The summed E-state index contributed by atoms with van der Waals surface area (Å²) in [5.74, 6) is 0.422. The zero-order chi connectivity index (χ0) is 12.6. The van der Waals surface area contributed by atoms with Crippen molar-refractivity contribution >= 4 is 11.7 Å². The lowest BCUT2D eigenvalue weighted by Gasteiger charge is -2.40. The number of anilines is 1. The van der Waals surface area contributed by atoms with Crippen LogP contribution in [0, 0.1) is 5.41 Å². The minimum absolute atomic E-state index is 0.296. The Morgan fingerprint density at radius 3 is 2.94 bits per heavy atom. The van der Waals surface area contributed by atoms with E-state index in [1.807, 2.05) is 6.07 Å². The number of esters is 1. The van der Waals surface area contributed by atoms with Crippen LogP contribution >= 0.6 is 0 Å². The quantitative estimate of drug-likeness (QED) is 0.774. The molecule has 1 spiro atoms. The highest BCUT2D eigenvalue weighted by atomic mass is 16.5. The lowest BCUT2D eigenvalue weighted by molar-refractivity contribution is 0.0598. The average Bonchev–Trinajstić information content (AvgIpc) is 2.56. The number of benzene rings is 1. The van der Waals surface area contributed by atoms with Crippen molar-refractivity contribution < 1.29 is 14.3 Å². The van der Waals surface area contributed by atoms with E-state index >= 15 is 0 Å². The number of methoxy groups -OCH3 is 1. The highest BCUT2D eigenvalue weighted by Crippen LogP contribution is 2.44. The van der Waals surface area contributed by atoms with Gasteiger partial charge in [-0.05, 0) is 31.0 Å². The molecule has 1 aliphatic heterocycles. The van der Waals surface area contributed by atoms with Gasteiger partial charge < -0.3 is 14.8 Å². The van der Waals surface area contributed by atoms with Crippen molar-refractivity contribution in [3.05, 3.63) is 23.8 Å². The average molecular weight is 247 g/mol. The SMILES string of the molecule is COC(=O)c1ccc2c(c1)OCC1(CCC1)CN2.